The fourth-order valence-corrected chi connectivity index (χ4v) is 1.90. The zero-order valence-electron chi connectivity index (χ0n) is 8.60. The molecule has 80 valence electrons. The van der Waals surface area contributed by atoms with E-state index in [1.54, 1.807) is 24.2 Å². The number of hydrogen-bond acceptors (Lipinski definition) is 5. The van der Waals surface area contributed by atoms with Crippen molar-refractivity contribution in [1.82, 2.24) is 20.1 Å². The third-order valence-corrected chi connectivity index (χ3v) is 2.91. The molecule has 1 unspecified atom stereocenters. The summed E-state index contributed by atoms with van der Waals surface area (Å²) >= 11 is 1.56. The van der Waals surface area contributed by atoms with Crippen molar-refractivity contribution in [2.24, 2.45) is 0 Å². The molecule has 6 heteroatoms. The maximum atomic E-state index is 5.14. The molecule has 2 aromatic rings. The van der Waals surface area contributed by atoms with E-state index in [1.807, 2.05) is 13.8 Å². The average Bonchev–Trinajstić information content (AvgIpc) is 2.86. The third-order valence-electron chi connectivity index (χ3n) is 1.91. The van der Waals surface area contributed by atoms with E-state index in [4.69, 9.17) is 4.52 Å². The van der Waals surface area contributed by atoms with Crippen molar-refractivity contribution < 1.29 is 4.52 Å². The van der Waals surface area contributed by atoms with Crippen LogP contribution in [0.4, 0.5) is 0 Å². The van der Waals surface area contributed by atoms with Gasteiger partial charge >= 0.3 is 0 Å². The molecule has 0 aliphatic carbocycles. The Hall–Kier alpha value is -1.30. The molecule has 0 saturated carbocycles. The summed E-state index contributed by atoms with van der Waals surface area (Å²) in [7, 11) is 0. The monoisotopic (exact) mass is 224 g/mol. The van der Waals surface area contributed by atoms with E-state index in [2.05, 4.69) is 20.1 Å². The summed E-state index contributed by atoms with van der Waals surface area (Å²) in [5.74, 6) is 1.39. The number of hydrogen-bond donors (Lipinski definition) is 1. The number of imidazole rings is 1. The van der Waals surface area contributed by atoms with Gasteiger partial charge in [0.25, 0.3) is 0 Å². The van der Waals surface area contributed by atoms with Crippen LogP contribution in [0.5, 0.6) is 0 Å². The van der Waals surface area contributed by atoms with Crippen LogP contribution in [0, 0.1) is 0 Å². The normalized spacial score (nSPS) is 12.9. The molecule has 0 spiro atoms. The minimum Gasteiger partial charge on any atom is -0.340 e. The van der Waals surface area contributed by atoms with Gasteiger partial charge in [-0.15, -0.1) is 0 Å². The molecule has 0 aromatic carbocycles. The Morgan fingerprint density at radius 2 is 2.47 bits per heavy atom. The van der Waals surface area contributed by atoms with Crippen molar-refractivity contribution in [3.8, 4) is 0 Å². The number of aryl methyl sites for hydroxylation is 1. The van der Waals surface area contributed by atoms with Crippen LogP contribution in [0.2, 0.25) is 0 Å². The molecule has 5 nitrogen and oxygen atoms in total. The highest BCUT2D eigenvalue weighted by atomic mass is 32.2. The van der Waals surface area contributed by atoms with E-state index in [1.165, 1.54) is 0 Å². The number of thioether (sulfide) groups is 1. The Labute approximate surface area is 91.7 Å². The van der Waals surface area contributed by atoms with E-state index < -0.39 is 0 Å². The van der Waals surface area contributed by atoms with Gasteiger partial charge in [0.2, 0.25) is 5.89 Å². The molecular weight excluding hydrogens is 212 g/mol. The van der Waals surface area contributed by atoms with Gasteiger partial charge < -0.3 is 9.51 Å². The number of rotatable bonds is 4. The molecule has 0 fully saturated rings. The van der Waals surface area contributed by atoms with Crippen LogP contribution in [-0.4, -0.2) is 20.1 Å². The van der Waals surface area contributed by atoms with Crippen LogP contribution in [0.25, 0.3) is 0 Å². The molecule has 0 aliphatic rings. The Morgan fingerprint density at radius 1 is 1.60 bits per heavy atom. The molecule has 0 radical (unpaired) electrons. The second kappa shape index (κ2) is 4.48. The van der Waals surface area contributed by atoms with E-state index in [0.717, 1.165) is 17.4 Å². The molecule has 1 N–H and O–H groups in total. The van der Waals surface area contributed by atoms with Crippen LogP contribution in [0.1, 0.15) is 30.8 Å². The van der Waals surface area contributed by atoms with Gasteiger partial charge in [-0.3, -0.25) is 0 Å². The Bertz CT molecular complexity index is 411. The summed E-state index contributed by atoms with van der Waals surface area (Å²) < 4.78 is 5.14. The molecule has 0 aliphatic heterocycles. The second-order valence-corrected chi connectivity index (χ2v) is 4.39. The van der Waals surface area contributed by atoms with E-state index in [9.17, 15) is 0 Å². The lowest BCUT2D eigenvalue weighted by Gasteiger charge is -2.01. The van der Waals surface area contributed by atoms with Gasteiger partial charge in [0.15, 0.2) is 11.0 Å². The summed E-state index contributed by atoms with van der Waals surface area (Å²) in [6.45, 7) is 4.01. The largest absolute Gasteiger partial charge is 0.340 e. The quantitative estimate of drug-likeness (QED) is 0.806. The van der Waals surface area contributed by atoms with Gasteiger partial charge in [0, 0.05) is 18.8 Å². The lowest BCUT2D eigenvalue weighted by atomic mass is 10.4. The number of nitrogens with one attached hydrogen (secondary N) is 1. The predicted molar refractivity (Wildman–Crippen MR) is 56.5 cm³/mol. The maximum Gasteiger partial charge on any atom is 0.239 e. The number of aromatic nitrogens is 4. The summed E-state index contributed by atoms with van der Waals surface area (Å²) in [6.07, 6.45) is 4.31. The van der Waals surface area contributed by atoms with Crippen molar-refractivity contribution >= 4 is 11.8 Å². The molecule has 2 heterocycles. The lowest BCUT2D eigenvalue weighted by Crippen LogP contribution is -1.90. The fourth-order valence-electron chi connectivity index (χ4n) is 1.11. The molecule has 0 saturated heterocycles. The topological polar surface area (TPSA) is 67.6 Å². The van der Waals surface area contributed by atoms with Gasteiger partial charge in [-0.1, -0.05) is 23.8 Å². The Balaban J connectivity index is 2.04. The number of H-pyrrole nitrogens is 1. The summed E-state index contributed by atoms with van der Waals surface area (Å²) in [5.41, 5.74) is 0. The highest BCUT2D eigenvalue weighted by Gasteiger charge is 2.15. The summed E-state index contributed by atoms with van der Waals surface area (Å²) in [5, 5.41) is 4.83. The van der Waals surface area contributed by atoms with Crippen LogP contribution in [0.15, 0.2) is 22.1 Å². The number of nitrogens with zero attached hydrogens (tertiary/aromatic N) is 3. The minimum absolute atomic E-state index is 0.115. The van der Waals surface area contributed by atoms with Crippen LogP contribution in [0.3, 0.4) is 0 Å². The predicted octanol–water partition coefficient (Wildman–Crippen LogP) is 2.21. The molecular formula is C9H12N4OS. The van der Waals surface area contributed by atoms with Gasteiger partial charge in [-0.25, -0.2) is 4.98 Å². The molecule has 2 aromatic heterocycles. The second-order valence-electron chi connectivity index (χ2n) is 3.06. The van der Waals surface area contributed by atoms with Crippen LogP contribution in [-0.2, 0) is 6.42 Å². The molecule has 0 bridgehead atoms. The van der Waals surface area contributed by atoms with Crippen molar-refractivity contribution in [2.45, 2.75) is 30.7 Å². The molecule has 0 amide bonds. The highest BCUT2D eigenvalue weighted by molar-refractivity contribution is 7.99. The first-order valence-electron chi connectivity index (χ1n) is 4.78. The van der Waals surface area contributed by atoms with E-state index in [0.29, 0.717) is 5.89 Å². The Morgan fingerprint density at radius 3 is 3.07 bits per heavy atom. The zero-order chi connectivity index (χ0) is 10.7. The van der Waals surface area contributed by atoms with Gasteiger partial charge in [0.1, 0.15) is 0 Å². The lowest BCUT2D eigenvalue weighted by molar-refractivity contribution is 0.375. The zero-order valence-corrected chi connectivity index (χ0v) is 9.41. The molecule has 1 atom stereocenters. The van der Waals surface area contributed by atoms with Gasteiger partial charge in [-0.05, 0) is 6.92 Å². The summed E-state index contributed by atoms with van der Waals surface area (Å²) in [6, 6.07) is 0. The van der Waals surface area contributed by atoms with E-state index in [-0.39, 0.29) is 5.25 Å². The first kappa shape index (κ1) is 10.2. The van der Waals surface area contributed by atoms with Gasteiger partial charge in [-0.2, -0.15) is 4.98 Å². The van der Waals surface area contributed by atoms with Crippen molar-refractivity contribution in [1.29, 1.82) is 0 Å². The standard InChI is InChI=1S/C9H12N4OS/c1-3-7-12-8(14-13-7)6(2)15-9-10-4-5-11-9/h4-6H,3H2,1-2H3,(H,10,11). The molecule has 15 heavy (non-hydrogen) atoms. The van der Waals surface area contributed by atoms with Crippen LogP contribution >= 0.6 is 11.8 Å². The smallest absolute Gasteiger partial charge is 0.239 e. The first-order valence-corrected chi connectivity index (χ1v) is 5.66. The summed E-state index contributed by atoms with van der Waals surface area (Å²) in [4.78, 5) is 11.4. The fraction of sp³-hybridized carbons (Fsp3) is 0.444. The van der Waals surface area contributed by atoms with Crippen LogP contribution < -0.4 is 0 Å². The van der Waals surface area contributed by atoms with Gasteiger partial charge in [0.05, 0.1) is 5.25 Å². The third kappa shape index (κ3) is 2.38. The average molecular weight is 224 g/mol. The first-order chi connectivity index (χ1) is 7.29. The minimum atomic E-state index is 0.115. The maximum absolute atomic E-state index is 5.14. The Kier molecular flexibility index (Phi) is 3.05. The van der Waals surface area contributed by atoms with Crippen molar-refractivity contribution in [3.63, 3.8) is 0 Å². The van der Waals surface area contributed by atoms with Crippen molar-refractivity contribution in [2.75, 3.05) is 0 Å². The highest BCUT2D eigenvalue weighted by Crippen LogP contribution is 2.31. The van der Waals surface area contributed by atoms with E-state index >= 15 is 0 Å². The number of aromatic amines is 1. The SMILES string of the molecule is CCc1noc(C(C)Sc2ncc[nH]2)n1. The van der Waals surface area contributed by atoms with Crippen molar-refractivity contribution in [3.05, 3.63) is 24.1 Å². The molecule has 2 rings (SSSR count).